The zero-order chi connectivity index (χ0) is 24.1. The Bertz CT molecular complexity index is 1470. The number of hydrogen-bond acceptors (Lipinski definition) is 0. The second-order valence-electron chi connectivity index (χ2n) is 10.2. The van der Waals surface area contributed by atoms with E-state index in [1.807, 2.05) is 15.9 Å². The predicted octanol–water partition coefficient (Wildman–Crippen LogP) is 8.99. The van der Waals surface area contributed by atoms with E-state index in [1.165, 1.54) is 65.2 Å². The standard InChI is InChI=1S/C32H33NS/c1-19(2)23(6)24-10-11-33(7)30(16-24)28-18-29-27-9-8-25(26-13-20(3)12-21(4)14-26)17-32(27)34-31(29)15-22(28)5/h8-19,23H,7H2,1-6H3. The first-order valence-electron chi connectivity index (χ1n) is 12.1. The molecule has 3 aromatic carbocycles. The minimum atomic E-state index is 0.509. The van der Waals surface area contributed by atoms with Crippen LogP contribution in [-0.4, -0.2) is 11.3 Å². The maximum Gasteiger partial charge on any atom is 0.159 e. The number of benzene rings is 3. The summed E-state index contributed by atoms with van der Waals surface area (Å²) in [6.45, 7) is 17.7. The van der Waals surface area contributed by atoms with Crippen LogP contribution in [0, 0.1) is 38.6 Å². The lowest BCUT2D eigenvalue weighted by atomic mass is 9.86. The molecule has 0 spiro atoms. The number of fused-ring (bicyclic) bond motifs is 3. The highest BCUT2D eigenvalue weighted by molar-refractivity contribution is 7.25. The van der Waals surface area contributed by atoms with Gasteiger partial charge in [-0.3, -0.25) is 4.58 Å². The number of nitrogens with zero attached hydrogens (tertiary/aromatic N) is 1. The molecule has 34 heavy (non-hydrogen) atoms. The van der Waals surface area contributed by atoms with Gasteiger partial charge in [0.2, 0.25) is 0 Å². The summed E-state index contributed by atoms with van der Waals surface area (Å²) in [7, 11) is 0. The summed E-state index contributed by atoms with van der Waals surface area (Å²) >= 11 is 1.89. The molecule has 1 atom stereocenters. The predicted molar refractivity (Wildman–Crippen MR) is 150 cm³/mol. The molecule has 1 aliphatic rings. The molecule has 0 fully saturated rings. The fourth-order valence-electron chi connectivity index (χ4n) is 4.97. The Balaban J connectivity index is 1.61. The van der Waals surface area contributed by atoms with Crippen LogP contribution in [0.5, 0.6) is 0 Å². The van der Waals surface area contributed by atoms with E-state index in [9.17, 15) is 0 Å². The minimum absolute atomic E-state index is 0.509. The third-order valence-corrected chi connectivity index (χ3v) is 8.35. The largest absolute Gasteiger partial charge is 0.255 e. The number of thiophene rings is 1. The van der Waals surface area contributed by atoms with Crippen LogP contribution >= 0.6 is 11.3 Å². The van der Waals surface area contributed by atoms with Crippen LogP contribution in [0.2, 0.25) is 0 Å². The van der Waals surface area contributed by atoms with E-state index in [2.05, 4.69) is 115 Å². The van der Waals surface area contributed by atoms with Crippen LogP contribution < -0.4 is 0 Å². The number of allylic oxidation sites excluding steroid dienone is 2. The monoisotopic (exact) mass is 463 g/mol. The van der Waals surface area contributed by atoms with Crippen molar-refractivity contribution in [2.45, 2.75) is 41.5 Å². The van der Waals surface area contributed by atoms with Crippen molar-refractivity contribution >= 4 is 38.2 Å². The van der Waals surface area contributed by atoms with Crippen LogP contribution in [0.4, 0.5) is 0 Å². The summed E-state index contributed by atoms with van der Waals surface area (Å²) in [6.07, 6.45) is 6.65. The molecule has 1 unspecified atom stereocenters. The smallest absolute Gasteiger partial charge is 0.159 e. The first kappa shape index (κ1) is 22.7. The summed E-state index contributed by atoms with van der Waals surface area (Å²) in [4.78, 5) is 0. The van der Waals surface area contributed by atoms with Gasteiger partial charge in [0.1, 0.15) is 28.3 Å². The lowest BCUT2D eigenvalue weighted by Crippen LogP contribution is -2.18. The lowest BCUT2D eigenvalue weighted by Gasteiger charge is -2.26. The van der Waals surface area contributed by atoms with Crippen LogP contribution in [0.15, 0.2) is 72.5 Å². The Kier molecular flexibility index (Phi) is 5.73. The molecule has 0 radical (unpaired) electrons. The molecule has 0 saturated carbocycles. The quantitative estimate of drug-likeness (QED) is 0.161. The maximum atomic E-state index is 4.29. The van der Waals surface area contributed by atoms with Crippen molar-refractivity contribution in [3.63, 3.8) is 0 Å². The number of rotatable bonds is 4. The summed E-state index contributed by atoms with van der Waals surface area (Å²) in [5.41, 5.74) is 9.12. The van der Waals surface area contributed by atoms with Gasteiger partial charge in [-0.25, -0.2) is 0 Å². The van der Waals surface area contributed by atoms with Crippen molar-refractivity contribution < 1.29 is 4.58 Å². The highest BCUT2D eigenvalue weighted by Gasteiger charge is 2.22. The molecule has 5 rings (SSSR count). The molecule has 0 amide bonds. The Morgan fingerprint density at radius 3 is 2.35 bits per heavy atom. The molecule has 1 aliphatic heterocycles. The van der Waals surface area contributed by atoms with Crippen LogP contribution in [0.3, 0.4) is 0 Å². The van der Waals surface area contributed by atoms with Gasteiger partial charge in [-0.1, -0.05) is 108 Å². The Morgan fingerprint density at radius 1 is 0.912 bits per heavy atom. The van der Waals surface area contributed by atoms with Gasteiger partial charge in [0.25, 0.3) is 0 Å². The van der Waals surface area contributed by atoms with Crippen LogP contribution in [0.25, 0.3) is 31.3 Å². The minimum Gasteiger partial charge on any atom is -0.255 e. The van der Waals surface area contributed by atoms with Gasteiger partial charge in [-0.05, 0) is 37.3 Å². The average molecular weight is 464 g/mol. The Morgan fingerprint density at radius 2 is 1.65 bits per heavy atom. The van der Waals surface area contributed by atoms with Gasteiger partial charge in [0, 0.05) is 0 Å². The topological polar surface area (TPSA) is 3.01 Å². The summed E-state index contributed by atoms with van der Waals surface area (Å²) in [5, 5.41) is 2.66. The van der Waals surface area contributed by atoms with Gasteiger partial charge in [-0.2, -0.15) is 0 Å². The van der Waals surface area contributed by atoms with E-state index < -0.39 is 0 Å². The second-order valence-corrected chi connectivity index (χ2v) is 11.3. The van der Waals surface area contributed by atoms with Crippen molar-refractivity contribution in [2.24, 2.45) is 11.8 Å². The van der Waals surface area contributed by atoms with Crippen molar-refractivity contribution in [1.29, 1.82) is 0 Å². The Hall–Kier alpha value is -3.10. The lowest BCUT2D eigenvalue weighted by molar-refractivity contribution is -0.418. The van der Waals surface area contributed by atoms with Crippen molar-refractivity contribution in [1.82, 2.24) is 0 Å². The fraction of sp³-hybridized carbons (Fsp3) is 0.250. The molecular formula is C32H33NS. The van der Waals surface area contributed by atoms with Crippen LogP contribution in [0.1, 0.15) is 43.0 Å². The molecular weight excluding hydrogens is 430 g/mol. The molecule has 2 heteroatoms. The first-order chi connectivity index (χ1) is 16.2. The van der Waals surface area contributed by atoms with Gasteiger partial charge < -0.3 is 0 Å². The third kappa shape index (κ3) is 4.01. The summed E-state index contributed by atoms with van der Waals surface area (Å²) in [6, 6.07) is 19.6. The molecule has 172 valence electrons. The van der Waals surface area contributed by atoms with Crippen LogP contribution in [-0.2, 0) is 0 Å². The molecule has 0 bridgehead atoms. The molecule has 0 aliphatic carbocycles. The SMILES string of the molecule is C=[N+]1C=CC(C(C)C(C)C)=C[C-]1c1cc2c(cc1C)[s+][c-]1cc(-c3cc(C)cc(C)c3)ccc21. The number of aryl methyl sites for hydroxylation is 3. The molecule has 0 saturated heterocycles. The second kappa shape index (κ2) is 8.60. The molecule has 2 heterocycles. The van der Waals surface area contributed by atoms with Gasteiger partial charge in [0.05, 0.1) is 6.72 Å². The summed E-state index contributed by atoms with van der Waals surface area (Å²) < 4.78 is 4.70. The normalized spacial score (nSPS) is 15.0. The van der Waals surface area contributed by atoms with Crippen molar-refractivity contribution in [3.05, 3.63) is 101 Å². The molecule has 1 aromatic heterocycles. The number of hydrogen-bond donors (Lipinski definition) is 0. The van der Waals surface area contributed by atoms with Gasteiger partial charge >= 0.3 is 0 Å². The molecule has 0 N–H and O–H groups in total. The van der Waals surface area contributed by atoms with E-state index in [-0.39, 0.29) is 0 Å². The van der Waals surface area contributed by atoms with Crippen molar-refractivity contribution in [2.75, 3.05) is 0 Å². The fourth-order valence-corrected chi connectivity index (χ4v) is 6.19. The van der Waals surface area contributed by atoms with Gasteiger partial charge in [-0.15, -0.1) is 18.2 Å². The average Bonchev–Trinajstić information content (AvgIpc) is 3.14. The van der Waals surface area contributed by atoms with Crippen molar-refractivity contribution in [3.8, 4) is 11.1 Å². The summed E-state index contributed by atoms with van der Waals surface area (Å²) in [5.74, 6) is 1.11. The van der Waals surface area contributed by atoms with E-state index in [1.54, 1.807) is 0 Å². The highest BCUT2D eigenvalue weighted by Crippen LogP contribution is 2.40. The molecule has 4 aromatic rings. The zero-order valence-corrected chi connectivity index (χ0v) is 21.9. The van der Waals surface area contributed by atoms with E-state index in [0.29, 0.717) is 11.8 Å². The Labute approximate surface area is 207 Å². The first-order valence-corrected chi connectivity index (χ1v) is 13.0. The van der Waals surface area contributed by atoms with E-state index >= 15 is 0 Å². The third-order valence-electron chi connectivity index (χ3n) is 7.23. The zero-order valence-electron chi connectivity index (χ0n) is 21.1. The highest BCUT2D eigenvalue weighted by atomic mass is 32.1. The van der Waals surface area contributed by atoms with Gasteiger partial charge in [0.15, 0.2) is 4.70 Å². The van der Waals surface area contributed by atoms with E-state index in [4.69, 9.17) is 0 Å². The molecule has 1 nitrogen and oxygen atoms in total. The maximum absolute atomic E-state index is 4.29. The van der Waals surface area contributed by atoms with E-state index in [0.717, 1.165) is 0 Å².